The summed E-state index contributed by atoms with van der Waals surface area (Å²) in [5.41, 5.74) is 0. The van der Waals surface area contributed by atoms with E-state index in [2.05, 4.69) is 20.8 Å². The molecule has 0 N–H and O–H groups in total. The molecule has 0 saturated carbocycles. The van der Waals surface area contributed by atoms with Crippen molar-refractivity contribution in [2.24, 2.45) is 0 Å². The molecule has 0 saturated heterocycles. The summed E-state index contributed by atoms with van der Waals surface area (Å²) in [7, 11) is 0. The van der Waals surface area contributed by atoms with Crippen molar-refractivity contribution in [3.63, 3.8) is 0 Å². The zero-order valence-electron chi connectivity index (χ0n) is 14.1. The van der Waals surface area contributed by atoms with Gasteiger partial charge in [0.1, 0.15) is 6.10 Å². The van der Waals surface area contributed by atoms with Gasteiger partial charge in [0.05, 0.1) is 0 Å². The van der Waals surface area contributed by atoms with Crippen molar-refractivity contribution in [1.82, 2.24) is 0 Å². The summed E-state index contributed by atoms with van der Waals surface area (Å²) in [6, 6.07) is 0. The smallest absolute Gasteiger partial charge is 0.306 e. The first-order valence-corrected chi connectivity index (χ1v) is 8.94. The highest BCUT2D eigenvalue weighted by molar-refractivity contribution is 5.69. The summed E-state index contributed by atoms with van der Waals surface area (Å²) in [5.74, 6) is -0.00161. The van der Waals surface area contributed by atoms with Crippen molar-refractivity contribution in [3.05, 3.63) is 0 Å². The van der Waals surface area contributed by atoms with Crippen LogP contribution in [0.3, 0.4) is 0 Å². The summed E-state index contributed by atoms with van der Waals surface area (Å²) in [6.45, 7) is 6.47. The Morgan fingerprint density at radius 1 is 0.800 bits per heavy atom. The van der Waals surface area contributed by atoms with E-state index in [1.165, 1.54) is 51.4 Å². The van der Waals surface area contributed by atoms with Gasteiger partial charge < -0.3 is 4.74 Å². The molecule has 0 amide bonds. The lowest BCUT2D eigenvalue weighted by atomic mass is 10.0. The molecule has 1 atom stereocenters. The molecular weight excluding hydrogens is 248 g/mol. The highest BCUT2D eigenvalue weighted by Gasteiger charge is 2.11. The van der Waals surface area contributed by atoms with E-state index in [4.69, 9.17) is 4.74 Å². The van der Waals surface area contributed by atoms with Crippen molar-refractivity contribution in [1.29, 1.82) is 0 Å². The summed E-state index contributed by atoms with van der Waals surface area (Å²) < 4.78 is 5.52. The summed E-state index contributed by atoms with van der Waals surface area (Å²) in [5, 5.41) is 0. The van der Waals surface area contributed by atoms with Crippen LogP contribution in [0.25, 0.3) is 0 Å². The van der Waals surface area contributed by atoms with E-state index < -0.39 is 0 Å². The number of esters is 1. The van der Waals surface area contributed by atoms with Gasteiger partial charge in [-0.1, -0.05) is 72.1 Å². The number of hydrogen-bond acceptors (Lipinski definition) is 2. The Hall–Kier alpha value is -0.530. The molecule has 0 aromatic rings. The number of carbonyl (C=O) groups is 1. The molecule has 120 valence electrons. The molecule has 1 unspecified atom stereocenters. The molecule has 20 heavy (non-hydrogen) atoms. The van der Waals surface area contributed by atoms with E-state index in [-0.39, 0.29) is 12.1 Å². The highest BCUT2D eigenvalue weighted by atomic mass is 16.5. The van der Waals surface area contributed by atoms with Crippen LogP contribution in [-0.2, 0) is 9.53 Å². The molecule has 2 nitrogen and oxygen atoms in total. The second kappa shape index (κ2) is 14.9. The number of hydrogen-bond donors (Lipinski definition) is 0. The lowest BCUT2D eigenvalue weighted by molar-refractivity contribution is -0.149. The van der Waals surface area contributed by atoms with Crippen LogP contribution in [0.1, 0.15) is 104 Å². The Kier molecular flexibility index (Phi) is 14.5. The van der Waals surface area contributed by atoms with Gasteiger partial charge in [0, 0.05) is 6.42 Å². The van der Waals surface area contributed by atoms with E-state index >= 15 is 0 Å². The second-order valence-electron chi connectivity index (χ2n) is 5.89. The number of ether oxygens (including phenoxy) is 1. The Morgan fingerprint density at radius 3 is 1.90 bits per heavy atom. The fourth-order valence-corrected chi connectivity index (χ4v) is 2.42. The first kappa shape index (κ1) is 19.5. The van der Waals surface area contributed by atoms with Gasteiger partial charge in [-0.25, -0.2) is 0 Å². The normalized spacial score (nSPS) is 12.3. The molecule has 0 rings (SSSR count). The number of rotatable bonds is 14. The molecule has 0 radical (unpaired) electrons. The van der Waals surface area contributed by atoms with E-state index in [1.807, 2.05) is 0 Å². The van der Waals surface area contributed by atoms with Crippen LogP contribution >= 0.6 is 0 Å². The van der Waals surface area contributed by atoms with Gasteiger partial charge in [-0.3, -0.25) is 4.79 Å². The molecule has 0 aromatic heterocycles. The minimum atomic E-state index is -0.00161. The van der Waals surface area contributed by atoms with Gasteiger partial charge >= 0.3 is 5.97 Å². The van der Waals surface area contributed by atoms with Crippen molar-refractivity contribution in [2.75, 3.05) is 0 Å². The Balaban J connectivity index is 3.47. The Morgan fingerprint density at radius 2 is 1.35 bits per heavy atom. The van der Waals surface area contributed by atoms with Crippen LogP contribution in [0, 0.1) is 0 Å². The standard InChI is InChI=1S/C18H36O2/c1-4-7-9-10-11-12-13-14-15-17(6-3)20-18(19)16-8-5-2/h17H,4-16H2,1-3H3. The van der Waals surface area contributed by atoms with Crippen molar-refractivity contribution >= 4 is 5.97 Å². The van der Waals surface area contributed by atoms with Crippen molar-refractivity contribution < 1.29 is 9.53 Å². The van der Waals surface area contributed by atoms with Crippen LogP contribution in [0.15, 0.2) is 0 Å². The van der Waals surface area contributed by atoms with Crippen LogP contribution in [0.2, 0.25) is 0 Å². The largest absolute Gasteiger partial charge is 0.462 e. The quantitative estimate of drug-likeness (QED) is 0.287. The van der Waals surface area contributed by atoms with Gasteiger partial charge in [-0.15, -0.1) is 0 Å². The van der Waals surface area contributed by atoms with Crippen LogP contribution in [0.5, 0.6) is 0 Å². The maximum Gasteiger partial charge on any atom is 0.306 e. The van der Waals surface area contributed by atoms with Gasteiger partial charge in [-0.2, -0.15) is 0 Å². The molecule has 0 aliphatic carbocycles. The van der Waals surface area contributed by atoms with Crippen LogP contribution in [0.4, 0.5) is 0 Å². The average Bonchev–Trinajstić information content (AvgIpc) is 2.46. The van der Waals surface area contributed by atoms with Gasteiger partial charge in [0.25, 0.3) is 0 Å². The lowest BCUT2D eigenvalue weighted by Crippen LogP contribution is -2.17. The Labute approximate surface area is 126 Å². The zero-order chi connectivity index (χ0) is 15.1. The summed E-state index contributed by atoms with van der Waals surface area (Å²) in [6.07, 6.45) is 15.4. The van der Waals surface area contributed by atoms with E-state index in [9.17, 15) is 4.79 Å². The van der Waals surface area contributed by atoms with E-state index in [0.29, 0.717) is 6.42 Å². The average molecular weight is 284 g/mol. The molecule has 0 aliphatic heterocycles. The van der Waals surface area contributed by atoms with Gasteiger partial charge in [0.15, 0.2) is 0 Å². The van der Waals surface area contributed by atoms with Crippen molar-refractivity contribution in [3.8, 4) is 0 Å². The SMILES string of the molecule is CCCCCCCCCCC(CC)OC(=O)CCCC. The fourth-order valence-electron chi connectivity index (χ4n) is 2.42. The van der Waals surface area contributed by atoms with Crippen LogP contribution < -0.4 is 0 Å². The molecule has 2 heteroatoms. The summed E-state index contributed by atoms with van der Waals surface area (Å²) >= 11 is 0. The minimum Gasteiger partial charge on any atom is -0.462 e. The molecule has 0 fully saturated rings. The molecule has 0 heterocycles. The highest BCUT2D eigenvalue weighted by Crippen LogP contribution is 2.14. The van der Waals surface area contributed by atoms with E-state index in [0.717, 1.165) is 25.7 Å². The minimum absolute atomic E-state index is 0.00161. The zero-order valence-corrected chi connectivity index (χ0v) is 14.1. The van der Waals surface area contributed by atoms with Gasteiger partial charge in [-0.05, 0) is 25.7 Å². The maximum absolute atomic E-state index is 11.6. The third-order valence-electron chi connectivity index (χ3n) is 3.87. The monoisotopic (exact) mass is 284 g/mol. The maximum atomic E-state index is 11.6. The van der Waals surface area contributed by atoms with Gasteiger partial charge in [0.2, 0.25) is 0 Å². The summed E-state index contributed by atoms with van der Waals surface area (Å²) in [4.78, 5) is 11.6. The first-order chi connectivity index (χ1) is 9.74. The lowest BCUT2D eigenvalue weighted by Gasteiger charge is -2.16. The molecular formula is C18H36O2. The predicted molar refractivity (Wildman–Crippen MR) is 86.9 cm³/mol. The third-order valence-corrected chi connectivity index (χ3v) is 3.87. The van der Waals surface area contributed by atoms with Crippen molar-refractivity contribution in [2.45, 2.75) is 110 Å². The predicted octanol–water partition coefficient (Wildman–Crippen LogP) is 6.03. The molecule has 0 bridgehead atoms. The number of carbonyl (C=O) groups excluding carboxylic acids is 1. The van der Waals surface area contributed by atoms with E-state index in [1.54, 1.807) is 0 Å². The second-order valence-corrected chi connectivity index (χ2v) is 5.89. The molecule has 0 aliphatic rings. The Bertz CT molecular complexity index is 213. The third kappa shape index (κ3) is 12.5. The molecule has 0 spiro atoms. The number of unbranched alkanes of at least 4 members (excludes halogenated alkanes) is 8. The molecule has 0 aromatic carbocycles. The topological polar surface area (TPSA) is 26.3 Å². The first-order valence-electron chi connectivity index (χ1n) is 8.94. The van der Waals surface area contributed by atoms with Crippen LogP contribution in [-0.4, -0.2) is 12.1 Å². The fraction of sp³-hybridized carbons (Fsp3) is 0.944.